The zero-order valence-electron chi connectivity index (χ0n) is 9.62. The van der Waals surface area contributed by atoms with Crippen molar-refractivity contribution in [3.05, 3.63) is 35.6 Å². The van der Waals surface area contributed by atoms with Gasteiger partial charge < -0.3 is 12.9 Å². The van der Waals surface area contributed by atoms with Gasteiger partial charge in [0.25, 0.3) is 0 Å². The Morgan fingerprint density at radius 3 is 2.44 bits per heavy atom. The number of pyridine rings is 1. The molecule has 0 aliphatic heterocycles. The van der Waals surface area contributed by atoms with Crippen LogP contribution >= 0.6 is 0 Å². The van der Waals surface area contributed by atoms with Crippen molar-refractivity contribution in [1.82, 2.24) is 4.98 Å². The second-order valence-electron chi connectivity index (χ2n) is 3.62. The average molecular weight is 253 g/mol. The first-order valence-corrected chi connectivity index (χ1v) is 4.74. The number of rotatable bonds is 3. The Morgan fingerprint density at radius 1 is 1.31 bits per heavy atom. The first-order valence-electron chi connectivity index (χ1n) is 4.74. The van der Waals surface area contributed by atoms with Gasteiger partial charge in [-0.3, -0.25) is 4.98 Å². The number of aromatic nitrogens is 1. The van der Waals surface area contributed by atoms with Crippen molar-refractivity contribution in [3.8, 4) is 0 Å². The van der Waals surface area contributed by atoms with E-state index in [1.54, 1.807) is 18.3 Å². The van der Waals surface area contributed by atoms with Crippen molar-refractivity contribution in [2.45, 2.75) is 19.8 Å². The number of halogens is 3. The predicted molar refractivity (Wildman–Crippen MR) is 56.4 cm³/mol. The molecule has 0 N–H and O–H groups in total. The van der Waals surface area contributed by atoms with Gasteiger partial charge in [0, 0.05) is 11.9 Å². The van der Waals surface area contributed by atoms with Gasteiger partial charge in [-0.2, -0.15) is 0 Å². The molecule has 0 unspecified atom stereocenters. The van der Waals surface area contributed by atoms with Crippen LogP contribution in [0.25, 0.3) is 6.08 Å². The van der Waals surface area contributed by atoms with Crippen LogP contribution in [-0.4, -0.2) is 12.0 Å². The van der Waals surface area contributed by atoms with E-state index < -0.39 is 6.98 Å². The van der Waals surface area contributed by atoms with E-state index in [2.05, 4.69) is 4.98 Å². The van der Waals surface area contributed by atoms with E-state index in [0.717, 1.165) is 6.08 Å². The quantitative estimate of drug-likeness (QED) is 0.719. The zero-order valence-corrected chi connectivity index (χ0v) is 12.7. The molecule has 0 aliphatic carbocycles. The van der Waals surface area contributed by atoms with Crippen LogP contribution in [0.1, 0.15) is 31.0 Å². The van der Waals surface area contributed by atoms with Crippen molar-refractivity contribution in [2.24, 2.45) is 0 Å². The summed E-state index contributed by atoms with van der Waals surface area (Å²) in [7, 11) is 0. The fourth-order valence-corrected chi connectivity index (χ4v) is 1.27. The molecule has 0 saturated carbocycles. The van der Waals surface area contributed by atoms with Crippen molar-refractivity contribution >= 4 is 13.1 Å². The van der Waals surface area contributed by atoms with Crippen LogP contribution < -0.4 is 51.4 Å². The van der Waals surface area contributed by atoms with Gasteiger partial charge in [0.05, 0.1) is 0 Å². The summed E-state index contributed by atoms with van der Waals surface area (Å²) in [5.41, 5.74) is 1.22. The van der Waals surface area contributed by atoms with E-state index in [4.69, 9.17) is 0 Å². The van der Waals surface area contributed by atoms with Gasteiger partial charge in [-0.15, -0.1) is 5.98 Å². The van der Waals surface area contributed by atoms with Gasteiger partial charge in [0.1, 0.15) is 0 Å². The largest absolute Gasteiger partial charge is 1.00 e. The third-order valence-corrected chi connectivity index (χ3v) is 1.91. The van der Waals surface area contributed by atoms with Crippen molar-refractivity contribution < 1.29 is 64.3 Å². The molecule has 0 aliphatic rings. The molecule has 0 radical (unpaired) electrons. The molecule has 82 valence electrons. The molecular formula is C10H12BF3KN. The van der Waals surface area contributed by atoms with Gasteiger partial charge >= 0.3 is 58.4 Å². The molecule has 1 aromatic rings. The van der Waals surface area contributed by atoms with E-state index in [1.165, 1.54) is 0 Å². The normalized spacial score (nSPS) is 11.9. The minimum atomic E-state index is -4.87. The van der Waals surface area contributed by atoms with E-state index >= 15 is 0 Å². The SMILES string of the molecule is CC(C)c1ncccc1/C=C/[B-](F)(F)F.[K+]. The first kappa shape index (κ1) is 16.4. The van der Waals surface area contributed by atoms with Gasteiger partial charge in [-0.05, 0) is 17.5 Å². The summed E-state index contributed by atoms with van der Waals surface area (Å²) in [5, 5.41) is 0. The summed E-state index contributed by atoms with van der Waals surface area (Å²) in [6.07, 6.45) is 2.67. The third kappa shape index (κ3) is 5.63. The Morgan fingerprint density at radius 2 is 1.94 bits per heavy atom. The Balaban J connectivity index is 0.00000225. The van der Waals surface area contributed by atoms with Gasteiger partial charge in [0.15, 0.2) is 0 Å². The monoisotopic (exact) mass is 253 g/mol. The minimum Gasteiger partial charge on any atom is -0.445 e. The third-order valence-electron chi connectivity index (χ3n) is 1.91. The van der Waals surface area contributed by atoms with Crippen LogP contribution in [0, 0.1) is 0 Å². The number of nitrogens with zero attached hydrogens (tertiary/aromatic N) is 1. The second kappa shape index (κ2) is 6.96. The molecule has 0 spiro atoms. The summed E-state index contributed by atoms with van der Waals surface area (Å²) in [5.74, 6) is 0.412. The summed E-state index contributed by atoms with van der Waals surface area (Å²) < 4.78 is 36.1. The Hall–Kier alpha value is 0.381. The first-order chi connectivity index (χ1) is 6.90. The van der Waals surface area contributed by atoms with Crippen LogP contribution in [0.15, 0.2) is 24.3 Å². The van der Waals surface area contributed by atoms with E-state index in [9.17, 15) is 12.9 Å². The molecule has 1 aromatic heterocycles. The van der Waals surface area contributed by atoms with Crippen LogP contribution in [0.2, 0.25) is 0 Å². The summed E-state index contributed by atoms with van der Waals surface area (Å²) in [6, 6.07) is 3.27. The van der Waals surface area contributed by atoms with Crippen LogP contribution in [0.4, 0.5) is 12.9 Å². The maximum Gasteiger partial charge on any atom is 1.00 e. The maximum absolute atomic E-state index is 12.0. The molecule has 0 bridgehead atoms. The van der Waals surface area contributed by atoms with E-state index in [0.29, 0.717) is 17.2 Å². The molecule has 1 rings (SSSR count). The Kier molecular flexibility index (Phi) is 7.12. The Bertz CT molecular complexity index is 363. The summed E-state index contributed by atoms with van der Waals surface area (Å²) in [6.45, 7) is -1.07. The van der Waals surface area contributed by atoms with Crippen LogP contribution in [0.5, 0.6) is 0 Å². The summed E-state index contributed by atoms with van der Waals surface area (Å²) >= 11 is 0. The number of hydrogen-bond donors (Lipinski definition) is 0. The Labute approximate surface area is 136 Å². The fourth-order valence-electron chi connectivity index (χ4n) is 1.27. The standard InChI is InChI=1S/C10H12BF3N.K/c1-8(2)10-9(4-3-7-15-10)5-6-11(12,13)14;/h3-8H,1-2H3;/q-1;+1/b6-5+;. The molecule has 0 atom stereocenters. The molecule has 0 saturated heterocycles. The molecule has 16 heavy (non-hydrogen) atoms. The molecule has 0 fully saturated rings. The fraction of sp³-hybridized carbons (Fsp3) is 0.300. The van der Waals surface area contributed by atoms with Gasteiger partial charge in [-0.25, -0.2) is 0 Å². The molecule has 0 aromatic carbocycles. The molecule has 0 amide bonds. The van der Waals surface area contributed by atoms with E-state index in [-0.39, 0.29) is 57.3 Å². The summed E-state index contributed by atoms with van der Waals surface area (Å²) in [4.78, 5) is 4.07. The van der Waals surface area contributed by atoms with Gasteiger partial charge in [-0.1, -0.05) is 26.0 Å². The average Bonchev–Trinajstić information content (AvgIpc) is 2.14. The van der Waals surface area contributed by atoms with Gasteiger partial charge in [0.2, 0.25) is 0 Å². The van der Waals surface area contributed by atoms with E-state index in [1.807, 2.05) is 13.8 Å². The molecule has 6 heteroatoms. The smallest absolute Gasteiger partial charge is 0.445 e. The van der Waals surface area contributed by atoms with Crippen molar-refractivity contribution in [1.29, 1.82) is 0 Å². The zero-order chi connectivity index (χ0) is 11.5. The topological polar surface area (TPSA) is 12.9 Å². The number of hydrogen-bond acceptors (Lipinski definition) is 1. The minimum absolute atomic E-state index is 0. The predicted octanol–water partition coefficient (Wildman–Crippen LogP) is 0.609. The van der Waals surface area contributed by atoms with Crippen molar-refractivity contribution in [2.75, 3.05) is 0 Å². The molecular weight excluding hydrogens is 241 g/mol. The maximum atomic E-state index is 12.0. The second-order valence-corrected chi connectivity index (χ2v) is 3.62. The van der Waals surface area contributed by atoms with Crippen LogP contribution in [-0.2, 0) is 0 Å². The van der Waals surface area contributed by atoms with Crippen LogP contribution in [0.3, 0.4) is 0 Å². The van der Waals surface area contributed by atoms with Crippen molar-refractivity contribution in [3.63, 3.8) is 0 Å². The molecule has 1 heterocycles. The molecule has 1 nitrogen and oxygen atoms in total.